The third-order valence-corrected chi connectivity index (χ3v) is 11.0. The van der Waals surface area contributed by atoms with E-state index < -0.39 is 98.2 Å². The number of halogens is 1. The molecule has 284 valence electrons. The SMILES string of the molecule is CC(C)(O/N=C(\C(=O)CC1C(=O)N2C[C@@](C(=O)O)(N3CCN(NC(=O)/C(=N\OCCN)c4ccc(O)c(O)c4Cl)C3=O)S[C@H]12)c1csc(N)n1)C(=O)O. The first-order valence-corrected chi connectivity index (χ1v) is 17.5. The van der Waals surface area contributed by atoms with Crippen LogP contribution in [-0.2, 0) is 33.6 Å². The van der Waals surface area contributed by atoms with Gasteiger partial charge < -0.3 is 46.5 Å². The summed E-state index contributed by atoms with van der Waals surface area (Å²) in [7, 11) is 0. The fraction of sp³-hybridized carbons (Fsp3) is 0.414. The van der Waals surface area contributed by atoms with Crippen LogP contribution in [0.4, 0.5) is 9.93 Å². The fourth-order valence-electron chi connectivity index (χ4n) is 5.34. The fourth-order valence-corrected chi connectivity index (χ4v) is 7.83. The van der Waals surface area contributed by atoms with Crippen molar-refractivity contribution in [2.75, 3.05) is 38.5 Å². The summed E-state index contributed by atoms with van der Waals surface area (Å²) in [6.45, 7) is 1.43. The number of oxime groups is 2. The van der Waals surface area contributed by atoms with Crippen LogP contribution in [0.2, 0.25) is 5.02 Å². The molecular weight excluding hydrogens is 766 g/mol. The summed E-state index contributed by atoms with van der Waals surface area (Å²) in [4.78, 5) is 92.6. The maximum atomic E-state index is 13.7. The molecule has 3 fully saturated rings. The maximum Gasteiger partial charge on any atom is 0.350 e. The third-order valence-electron chi connectivity index (χ3n) is 8.21. The molecule has 4 amide bonds. The molecule has 21 nitrogen and oxygen atoms in total. The number of carbonyl (C=O) groups excluding carboxylic acids is 4. The Morgan fingerprint density at radius 1 is 1.15 bits per heavy atom. The van der Waals surface area contributed by atoms with Gasteiger partial charge in [-0.3, -0.25) is 24.7 Å². The van der Waals surface area contributed by atoms with Crippen molar-refractivity contribution >= 4 is 86.8 Å². The van der Waals surface area contributed by atoms with Crippen molar-refractivity contribution < 1.29 is 58.9 Å². The molecule has 0 bridgehead atoms. The normalized spacial score (nSPS) is 21.7. The Bertz CT molecular complexity index is 1940. The number of nitrogen functional groups attached to an aromatic ring is 1. The number of amides is 4. The van der Waals surface area contributed by atoms with E-state index in [1.165, 1.54) is 30.2 Å². The molecule has 0 aliphatic carbocycles. The number of nitrogens with one attached hydrogen (secondary N) is 1. The van der Waals surface area contributed by atoms with Gasteiger partial charge in [0.2, 0.25) is 16.4 Å². The number of rotatable bonds is 15. The number of carboxylic acid groups (broad SMARTS) is 2. The quantitative estimate of drug-likeness (QED) is 0.0403. The van der Waals surface area contributed by atoms with Gasteiger partial charge in [-0.25, -0.2) is 24.4 Å². The number of ketones is 1. The molecule has 3 saturated heterocycles. The Hall–Kier alpha value is -5.39. The van der Waals surface area contributed by atoms with Gasteiger partial charge in [0.05, 0.1) is 29.4 Å². The van der Waals surface area contributed by atoms with E-state index in [1.54, 1.807) is 0 Å². The number of β-lactam (4-membered cyclic amide) rings is 1. The number of carbonyl (C=O) groups is 6. The van der Waals surface area contributed by atoms with E-state index in [-0.39, 0.29) is 42.6 Å². The molecule has 0 radical (unpaired) electrons. The van der Waals surface area contributed by atoms with Crippen molar-refractivity contribution in [1.82, 2.24) is 25.2 Å². The molecule has 1 aromatic carbocycles. The van der Waals surface area contributed by atoms with Gasteiger partial charge in [-0.2, -0.15) is 0 Å². The lowest BCUT2D eigenvalue weighted by atomic mass is 9.90. The molecule has 5 rings (SSSR count). The predicted molar refractivity (Wildman–Crippen MR) is 186 cm³/mol. The number of fused-ring (bicyclic) bond motifs is 1. The summed E-state index contributed by atoms with van der Waals surface area (Å²) in [5.41, 5.74) is 10.5. The van der Waals surface area contributed by atoms with E-state index in [0.29, 0.717) is 0 Å². The van der Waals surface area contributed by atoms with Crippen molar-refractivity contribution in [2.45, 2.75) is 36.1 Å². The zero-order chi connectivity index (χ0) is 39.0. The van der Waals surface area contributed by atoms with Crippen molar-refractivity contribution in [2.24, 2.45) is 22.0 Å². The van der Waals surface area contributed by atoms with Gasteiger partial charge in [0.25, 0.3) is 5.91 Å². The van der Waals surface area contributed by atoms with Crippen molar-refractivity contribution in [3.8, 4) is 11.5 Å². The van der Waals surface area contributed by atoms with Crippen LogP contribution in [0.1, 0.15) is 31.5 Å². The molecule has 1 unspecified atom stereocenters. The average Bonchev–Trinajstić information content (AvgIpc) is 3.81. The molecule has 0 spiro atoms. The Morgan fingerprint density at radius 2 is 1.87 bits per heavy atom. The number of hydrazine groups is 1. The number of hydrogen-bond donors (Lipinski definition) is 7. The van der Waals surface area contributed by atoms with Crippen LogP contribution in [0.15, 0.2) is 27.8 Å². The molecule has 2 aromatic rings. The lowest BCUT2D eigenvalue weighted by molar-refractivity contribution is -0.161. The van der Waals surface area contributed by atoms with E-state index in [1.807, 2.05) is 0 Å². The van der Waals surface area contributed by atoms with E-state index in [2.05, 4.69) is 20.7 Å². The van der Waals surface area contributed by atoms with Crippen molar-refractivity contribution in [3.63, 3.8) is 0 Å². The number of aromatic nitrogens is 1. The maximum absolute atomic E-state index is 13.7. The van der Waals surface area contributed by atoms with Gasteiger partial charge >= 0.3 is 18.0 Å². The second kappa shape index (κ2) is 14.9. The first-order chi connectivity index (χ1) is 24.9. The number of nitrogens with two attached hydrogens (primary N) is 2. The number of benzene rings is 1. The first kappa shape index (κ1) is 38.8. The summed E-state index contributed by atoms with van der Waals surface area (Å²) in [6, 6.07) is 1.26. The van der Waals surface area contributed by atoms with E-state index in [4.69, 9.17) is 32.7 Å². The summed E-state index contributed by atoms with van der Waals surface area (Å²) >= 11 is 7.87. The number of urea groups is 1. The van der Waals surface area contributed by atoms with Crippen LogP contribution in [0.5, 0.6) is 11.5 Å². The van der Waals surface area contributed by atoms with E-state index in [0.717, 1.165) is 39.1 Å². The van der Waals surface area contributed by atoms with Gasteiger partial charge in [0.1, 0.15) is 12.3 Å². The third kappa shape index (κ3) is 7.31. The molecular formula is C29H32ClN9O12S2. The number of thiazole rings is 1. The highest BCUT2D eigenvalue weighted by atomic mass is 35.5. The smallest absolute Gasteiger partial charge is 0.350 e. The number of aliphatic carboxylic acids is 2. The zero-order valence-corrected chi connectivity index (χ0v) is 30.1. The second-order valence-electron chi connectivity index (χ2n) is 12.1. The molecule has 3 aliphatic rings. The highest BCUT2D eigenvalue weighted by Crippen LogP contribution is 2.53. The van der Waals surface area contributed by atoms with Crippen LogP contribution in [0.3, 0.4) is 0 Å². The van der Waals surface area contributed by atoms with E-state index >= 15 is 0 Å². The molecule has 53 heavy (non-hydrogen) atoms. The number of nitrogens with zero attached hydrogens (tertiary/aromatic N) is 6. The highest BCUT2D eigenvalue weighted by Gasteiger charge is 2.66. The Labute approximate surface area is 312 Å². The van der Waals surface area contributed by atoms with Gasteiger partial charge in [0, 0.05) is 30.5 Å². The van der Waals surface area contributed by atoms with Gasteiger partial charge in [-0.15, -0.1) is 11.3 Å². The lowest BCUT2D eigenvalue weighted by Gasteiger charge is -2.40. The van der Waals surface area contributed by atoms with Crippen LogP contribution in [0.25, 0.3) is 0 Å². The Kier molecular flexibility index (Phi) is 10.9. The van der Waals surface area contributed by atoms with E-state index in [9.17, 15) is 49.2 Å². The lowest BCUT2D eigenvalue weighted by Crippen LogP contribution is -2.60. The number of phenolic OH excluding ortho intramolecular Hbond substituents is 2. The molecule has 0 saturated carbocycles. The summed E-state index contributed by atoms with van der Waals surface area (Å²) < 4.78 is 0. The van der Waals surface area contributed by atoms with Gasteiger partial charge in [-0.05, 0) is 26.0 Å². The number of Topliss-reactive ketones (excluding diaryl/α,β-unsaturated/α-hetero) is 1. The van der Waals surface area contributed by atoms with Crippen LogP contribution in [-0.4, -0.2) is 136 Å². The summed E-state index contributed by atoms with van der Waals surface area (Å²) in [6.07, 6.45) is -0.490. The van der Waals surface area contributed by atoms with Crippen LogP contribution >= 0.6 is 34.7 Å². The number of aromatic hydroxyl groups is 2. The minimum atomic E-state index is -2.03. The molecule has 4 heterocycles. The second-order valence-corrected chi connectivity index (χ2v) is 14.8. The Balaban J connectivity index is 1.33. The first-order valence-electron chi connectivity index (χ1n) is 15.4. The highest BCUT2D eigenvalue weighted by molar-refractivity contribution is 8.02. The zero-order valence-electron chi connectivity index (χ0n) is 27.7. The summed E-state index contributed by atoms with van der Waals surface area (Å²) in [5, 5.41) is 48.2. The minimum Gasteiger partial charge on any atom is -0.504 e. The van der Waals surface area contributed by atoms with Gasteiger partial charge in [0.15, 0.2) is 33.8 Å². The largest absolute Gasteiger partial charge is 0.504 e. The number of anilines is 1. The minimum absolute atomic E-state index is 0.0188. The number of thioether (sulfide) groups is 1. The van der Waals surface area contributed by atoms with Crippen molar-refractivity contribution in [1.29, 1.82) is 0 Å². The molecule has 24 heteroatoms. The average molecular weight is 798 g/mol. The predicted octanol–water partition coefficient (Wildman–Crippen LogP) is -0.206. The number of carboxylic acids is 2. The number of hydrogen-bond acceptors (Lipinski definition) is 17. The van der Waals surface area contributed by atoms with Gasteiger partial charge in [-0.1, -0.05) is 33.7 Å². The molecule has 9 N–H and O–H groups in total. The topological polar surface area (TPSA) is 313 Å². The Morgan fingerprint density at radius 3 is 2.49 bits per heavy atom. The molecule has 3 aliphatic heterocycles. The monoisotopic (exact) mass is 797 g/mol. The summed E-state index contributed by atoms with van der Waals surface area (Å²) in [5.74, 6) is -7.62. The van der Waals surface area contributed by atoms with Crippen molar-refractivity contribution in [3.05, 3.63) is 33.8 Å². The van der Waals surface area contributed by atoms with Crippen LogP contribution in [0, 0.1) is 5.92 Å². The molecule has 3 atom stereocenters. The molecule has 1 aromatic heterocycles. The number of phenols is 2. The van der Waals surface area contributed by atoms with Crippen LogP contribution < -0.4 is 16.9 Å². The standard InChI is InChI=1S/C29H32ClN9O12S2/c1-28(2,24(45)46)51-36-19(14-10-52-26(32)33-14)16(41)9-13-22(44)37-11-29(25(47)48,53-23(13)37)38-6-7-39(27(38)49)34-21(43)18(35-50-8-5-31)12-3-4-15(40)20(42)17(12)30/h3-4,10,13,23,40,42H,5-9,11,31H2,1-2H3,(H2,32,33)(H,34,43)(H,45,46)(H,47,48)/b35-18-,36-19-/t13?,23-,29-/m1/s1.